The maximum Gasteiger partial charge on any atom is 0.275 e. The van der Waals surface area contributed by atoms with Crippen LogP contribution in [0.2, 0.25) is 0 Å². The van der Waals surface area contributed by atoms with Crippen LogP contribution >= 0.6 is 0 Å². The fraction of sp³-hybridized carbons (Fsp3) is 0.632. The van der Waals surface area contributed by atoms with Gasteiger partial charge in [0.2, 0.25) is 0 Å². The van der Waals surface area contributed by atoms with Crippen molar-refractivity contribution in [3.05, 3.63) is 30.3 Å². The van der Waals surface area contributed by atoms with Gasteiger partial charge in [-0.1, -0.05) is 56.8 Å². The molecule has 0 spiro atoms. The third-order valence-corrected chi connectivity index (χ3v) is 2.76. The summed E-state index contributed by atoms with van der Waals surface area (Å²) in [6.07, 6.45) is 3.92. The number of amides is 1. The highest BCUT2D eigenvalue weighted by molar-refractivity contribution is 5.75. The second-order valence-electron chi connectivity index (χ2n) is 4.50. The first-order valence-electron chi connectivity index (χ1n) is 8.88. The van der Waals surface area contributed by atoms with E-state index in [1.165, 1.54) is 0 Å². The Hall–Kier alpha value is -1.62. The van der Waals surface area contributed by atoms with Crippen molar-refractivity contribution < 1.29 is 18.7 Å². The standard InChI is InChI=1S/C15H22FNO3.2C2H6/c1-17(16)15(18)13-19-11-7-2-3-8-12-20-14-9-5-4-6-10-14;2*1-2/h4-6,9-10H,2-3,7-8,11-13H2,1H3;2*1-2H3. The summed E-state index contributed by atoms with van der Waals surface area (Å²) in [6.45, 7) is 9.00. The lowest BCUT2D eigenvalue weighted by molar-refractivity contribution is -0.148. The van der Waals surface area contributed by atoms with Gasteiger partial charge in [-0.15, -0.1) is 0 Å². The molecule has 0 saturated carbocycles. The summed E-state index contributed by atoms with van der Waals surface area (Å²) < 4.78 is 23.0. The SMILES string of the molecule is CC.CC.CN(F)C(=O)COCCCCCCOc1ccccc1. The first-order valence-corrected chi connectivity index (χ1v) is 8.88. The molecule has 1 aromatic carbocycles. The van der Waals surface area contributed by atoms with Gasteiger partial charge in [-0.2, -0.15) is 5.12 Å². The Balaban J connectivity index is 0. The van der Waals surface area contributed by atoms with E-state index in [4.69, 9.17) is 9.47 Å². The molecule has 0 aliphatic carbocycles. The average molecular weight is 343 g/mol. The van der Waals surface area contributed by atoms with Crippen LogP contribution in [0.25, 0.3) is 0 Å². The van der Waals surface area contributed by atoms with Gasteiger partial charge in [0.1, 0.15) is 12.4 Å². The Kier molecular flexibility index (Phi) is 19.9. The second-order valence-corrected chi connectivity index (χ2v) is 4.50. The van der Waals surface area contributed by atoms with Crippen LogP contribution in [0.5, 0.6) is 5.75 Å². The number of hydrogen-bond acceptors (Lipinski definition) is 3. The number of carbonyl (C=O) groups is 1. The minimum Gasteiger partial charge on any atom is -0.494 e. The molecule has 0 atom stereocenters. The predicted octanol–water partition coefficient (Wildman–Crippen LogP) is 5.04. The number of para-hydroxylation sites is 1. The molecule has 24 heavy (non-hydrogen) atoms. The van der Waals surface area contributed by atoms with E-state index in [1.54, 1.807) is 0 Å². The van der Waals surface area contributed by atoms with Crippen molar-refractivity contribution in [3.63, 3.8) is 0 Å². The number of rotatable bonds is 10. The molecule has 0 unspecified atom stereocenters. The van der Waals surface area contributed by atoms with Gasteiger partial charge in [0, 0.05) is 13.7 Å². The van der Waals surface area contributed by atoms with Gasteiger partial charge in [0.15, 0.2) is 0 Å². The first kappa shape index (κ1) is 24.6. The van der Waals surface area contributed by atoms with E-state index in [0.717, 1.165) is 38.5 Å². The minimum absolute atomic E-state index is 0.0426. The molecule has 0 radical (unpaired) electrons. The molecule has 1 aromatic rings. The van der Waals surface area contributed by atoms with E-state index < -0.39 is 5.91 Å². The van der Waals surface area contributed by atoms with E-state index in [1.807, 2.05) is 58.0 Å². The Morgan fingerprint density at radius 2 is 1.50 bits per heavy atom. The highest BCUT2D eigenvalue weighted by Gasteiger charge is 2.06. The molecule has 0 fully saturated rings. The van der Waals surface area contributed by atoms with Crippen molar-refractivity contribution in [2.24, 2.45) is 0 Å². The predicted molar refractivity (Wildman–Crippen MR) is 97.8 cm³/mol. The molecule has 1 rings (SSSR count). The zero-order chi connectivity index (χ0) is 18.6. The lowest BCUT2D eigenvalue weighted by atomic mass is 10.2. The molecule has 5 heteroatoms. The van der Waals surface area contributed by atoms with E-state index >= 15 is 0 Å². The quantitative estimate of drug-likeness (QED) is 0.441. The van der Waals surface area contributed by atoms with E-state index in [9.17, 15) is 9.28 Å². The minimum atomic E-state index is -0.652. The highest BCUT2D eigenvalue weighted by Crippen LogP contribution is 2.09. The number of unbranched alkanes of at least 4 members (excludes halogenated alkanes) is 3. The molecule has 0 bridgehead atoms. The summed E-state index contributed by atoms with van der Waals surface area (Å²) in [7, 11) is 1.07. The number of hydrogen-bond donors (Lipinski definition) is 0. The smallest absolute Gasteiger partial charge is 0.275 e. The van der Waals surface area contributed by atoms with Gasteiger partial charge >= 0.3 is 0 Å². The third kappa shape index (κ3) is 15.3. The van der Waals surface area contributed by atoms with Gasteiger partial charge in [-0.25, -0.2) is 0 Å². The highest BCUT2D eigenvalue weighted by atomic mass is 19.2. The van der Waals surface area contributed by atoms with Crippen LogP contribution in [0.4, 0.5) is 4.48 Å². The number of nitrogens with zero attached hydrogens (tertiary/aromatic N) is 1. The van der Waals surface area contributed by atoms with E-state index in [0.29, 0.717) is 13.2 Å². The normalized spacial score (nSPS) is 9.08. The number of carbonyl (C=O) groups excluding carboxylic acids is 1. The second kappa shape index (κ2) is 19.4. The summed E-state index contributed by atoms with van der Waals surface area (Å²) in [6, 6.07) is 9.73. The molecule has 0 aromatic heterocycles. The van der Waals surface area contributed by atoms with Crippen molar-refractivity contribution in [2.75, 3.05) is 26.9 Å². The summed E-state index contributed by atoms with van der Waals surface area (Å²) >= 11 is 0. The first-order chi connectivity index (χ1) is 11.7. The zero-order valence-electron chi connectivity index (χ0n) is 15.9. The molecular formula is C19H34FNO3. The zero-order valence-corrected chi connectivity index (χ0v) is 15.9. The molecule has 0 N–H and O–H groups in total. The Morgan fingerprint density at radius 1 is 0.958 bits per heavy atom. The maximum atomic E-state index is 12.3. The molecule has 4 nitrogen and oxygen atoms in total. The Bertz CT molecular complexity index is 372. The lowest BCUT2D eigenvalue weighted by Crippen LogP contribution is -2.23. The number of halogens is 1. The molecule has 1 amide bonds. The third-order valence-electron chi connectivity index (χ3n) is 2.76. The van der Waals surface area contributed by atoms with Crippen molar-refractivity contribution in [1.29, 1.82) is 0 Å². The summed E-state index contributed by atoms with van der Waals surface area (Å²) in [5, 5.41) is 0.0426. The van der Waals surface area contributed by atoms with Crippen molar-refractivity contribution in [2.45, 2.75) is 53.4 Å². The topological polar surface area (TPSA) is 38.8 Å². The van der Waals surface area contributed by atoms with Crippen molar-refractivity contribution in [3.8, 4) is 5.75 Å². The molecule has 0 aliphatic rings. The molecule has 0 saturated heterocycles. The van der Waals surface area contributed by atoms with Crippen molar-refractivity contribution >= 4 is 5.91 Å². The van der Waals surface area contributed by atoms with Crippen LogP contribution in [-0.4, -0.2) is 37.9 Å². The number of ether oxygens (including phenoxy) is 2. The summed E-state index contributed by atoms with van der Waals surface area (Å²) in [5.74, 6) is 0.242. The van der Waals surface area contributed by atoms with Crippen LogP contribution < -0.4 is 4.74 Å². The fourth-order valence-corrected chi connectivity index (χ4v) is 1.61. The largest absolute Gasteiger partial charge is 0.494 e. The van der Waals surface area contributed by atoms with Gasteiger partial charge in [0.25, 0.3) is 5.91 Å². The average Bonchev–Trinajstić information content (AvgIpc) is 2.64. The van der Waals surface area contributed by atoms with Crippen LogP contribution in [0, 0.1) is 0 Å². The van der Waals surface area contributed by atoms with Gasteiger partial charge < -0.3 is 9.47 Å². The maximum absolute atomic E-state index is 12.3. The Labute approximate surface area is 146 Å². The van der Waals surface area contributed by atoms with Crippen LogP contribution in [0.1, 0.15) is 53.4 Å². The van der Waals surface area contributed by atoms with E-state index in [2.05, 4.69) is 0 Å². The van der Waals surface area contributed by atoms with Crippen molar-refractivity contribution in [1.82, 2.24) is 5.12 Å². The Morgan fingerprint density at radius 3 is 2.04 bits per heavy atom. The monoisotopic (exact) mass is 343 g/mol. The van der Waals surface area contributed by atoms with Gasteiger partial charge in [-0.3, -0.25) is 4.79 Å². The summed E-state index contributed by atoms with van der Waals surface area (Å²) in [5.41, 5.74) is 0. The van der Waals surface area contributed by atoms with Crippen LogP contribution in [0.15, 0.2) is 30.3 Å². The van der Waals surface area contributed by atoms with E-state index in [-0.39, 0.29) is 11.7 Å². The lowest BCUT2D eigenvalue weighted by Gasteiger charge is -2.07. The molecule has 0 heterocycles. The molecule has 140 valence electrons. The molecule has 0 aliphatic heterocycles. The van der Waals surface area contributed by atoms with Crippen LogP contribution in [0.3, 0.4) is 0 Å². The van der Waals surface area contributed by atoms with Gasteiger partial charge in [0.05, 0.1) is 6.61 Å². The van der Waals surface area contributed by atoms with Crippen LogP contribution in [-0.2, 0) is 9.53 Å². The molecular weight excluding hydrogens is 309 g/mol. The number of likely N-dealkylation sites (N-methyl/N-ethyl adjacent to an activating group) is 1. The fourth-order valence-electron chi connectivity index (χ4n) is 1.61. The van der Waals surface area contributed by atoms with Gasteiger partial charge in [-0.05, 0) is 31.4 Å². The summed E-state index contributed by atoms with van der Waals surface area (Å²) in [4.78, 5) is 10.9. The number of benzene rings is 1.